The molecule has 3 nitrogen and oxygen atoms in total. The molecule has 0 bridgehead atoms. The molecule has 1 heterocycles. The van der Waals surface area contributed by atoms with Crippen molar-refractivity contribution in [3.63, 3.8) is 0 Å². The van der Waals surface area contributed by atoms with Crippen LogP contribution in [0.5, 0.6) is 0 Å². The molecule has 0 aliphatic rings. The Bertz CT molecular complexity index is 908. The SMILES string of the molecule is CN(C)CCCN(C)C(=O)c1cc2c(-c3ccc(F)cc3)cccc2s1.Cl. The van der Waals surface area contributed by atoms with Crippen LogP contribution in [0.25, 0.3) is 21.2 Å². The van der Waals surface area contributed by atoms with E-state index in [0.29, 0.717) is 0 Å². The number of fused-ring (bicyclic) bond motifs is 1. The van der Waals surface area contributed by atoms with Crippen LogP contribution in [0.1, 0.15) is 16.1 Å². The lowest BCUT2D eigenvalue weighted by molar-refractivity contribution is 0.0795. The molecule has 0 aliphatic heterocycles. The molecule has 0 saturated heterocycles. The van der Waals surface area contributed by atoms with Crippen molar-refractivity contribution in [2.75, 3.05) is 34.2 Å². The van der Waals surface area contributed by atoms with Crippen LogP contribution in [0.2, 0.25) is 0 Å². The zero-order valence-electron chi connectivity index (χ0n) is 15.7. The standard InChI is InChI=1S/C21H23FN2OS.ClH/c1-23(2)12-5-13-24(3)21(25)20-14-18-17(6-4-7-19(18)26-20)15-8-10-16(22)11-9-15;/h4,6-11,14H,5,12-13H2,1-3H3;1H. The van der Waals surface area contributed by atoms with Gasteiger partial charge in [-0.1, -0.05) is 24.3 Å². The summed E-state index contributed by atoms with van der Waals surface area (Å²) in [6.45, 7) is 1.69. The van der Waals surface area contributed by atoms with E-state index in [4.69, 9.17) is 0 Å². The van der Waals surface area contributed by atoms with Gasteiger partial charge in [0.2, 0.25) is 0 Å². The molecule has 1 amide bonds. The smallest absolute Gasteiger partial charge is 0.263 e. The maximum Gasteiger partial charge on any atom is 0.263 e. The van der Waals surface area contributed by atoms with Crippen LogP contribution >= 0.6 is 23.7 Å². The van der Waals surface area contributed by atoms with Crippen molar-refractivity contribution in [2.24, 2.45) is 0 Å². The molecule has 2 aromatic carbocycles. The van der Waals surface area contributed by atoms with E-state index in [9.17, 15) is 9.18 Å². The number of carbonyl (C=O) groups excluding carboxylic acids is 1. The quantitative estimate of drug-likeness (QED) is 0.565. The first-order valence-corrected chi connectivity index (χ1v) is 9.46. The Morgan fingerprint density at radius 2 is 1.74 bits per heavy atom. The van der Waals surface area contributed by atoms with Crippen LogP contribution in [0.3, 0.4) is 0 Å². The summed E-state index contributed by atoms with van der Waals surface area (Å²) in [6.07, 6.45) is 0.945. The molecule has 3 rings (SSSR count). The summed E-state index contributed by atoms with van der Waals surface area (Å²) in [5.41, 5.74) is 1.97. The van der Waals surface area contributed by atoms with Gasteiger partial charge in [-0.25, -0.2) is 4.39 Å². The Kier molecular flexibility index (Phi) is 7.36. The number of hydrogen-bond donors (Lipinski definition) is 0. The number of nitrogens with zero attached hydrogens (tertiary/aromatic N) is 2. The lowest BCUT2D eigenvalue weighted by Crippen LogP contribution is -2.29. The van der Waals surface area contributed by atoms with Gasteiger partial charge in [-0.3, -0.25) is 4.79 Å². The summed E-state index contributed by atoms with van der Waals surface area (Å²) < 4.78 is 14.3. The lowest BCUT2D eigenvalue weighted by atomic mass is 10.0. The normalized spacial score (nSPS) is 10.9. The Hall–Kier alpha value is -1.95. The van der Waals surface area contributed by atoms with Gasteiger partial charge < -0.3 is 9.80 Å². The van der Waals surface area contributed by atoms with Gasteiger partial charge in [0.25, 0.3) is 5.91 Å². The predicted octanol–water partition coefficient (Wildman–Crippen LogP) is 5.15. The van der Waals surface area contributed by atoms with Crippen LogP contribution in [0.4, 0.5) is 4.39 Å². The molecule has 0 fully saturated rings. The van der Waals surface area contributed by atoms with Crippen LogP contribution in [-0.2, 0) is 0 Å². The number of halogens is 2. The fraction of sp³-hybridized carbons (Fsp3) is 0.286. The van der Waals surface area contributed by atoms with Crippen LogP contribution < -0.4 is 0 Å². The van der Waals surface area contributed by atoms with Crippen molar-refractivity contribution >= 4 is 39.7 Å². The van der Waals surface area contributed by atoms with Crippen molar-refractivity contribution in [1.82, 2.24) is 9.80 Å². The average Bonchev–Trinajstić information content (AvgIpc) is 3.05. The first kappa shape index (κ1) is 21.4. The molecular formula is C21H24ClFN2OS. The zero-order valence-corrected chi connectivity index (χ0v) is 17.4. The van der Waals surface area contributed by atoms with Crippen molar-refractivity contribution in [3.8, 4) is 11.1 Å². The van der Waals surface area contributed by atoms with Gasteiger partial charge in [-0.2, -0.15) is 0 Å². The summed E-state index contributed by atoms with van der Waals surface area (Å²) in [7, 11) is 5.92. The third-order valence-electron chi connectivity index (χ3n) is 4.37. The summed E-state index contributed by atoms with van der Waals surface area (Å²) in [6, 6.07) is 14.5. The molecule has 1 aromatic heterocycles. The molecule has 0 N–H and O–H groups in total. The number of rotatable bonds is 6. The minimum Gasteiger partial charge on any atom is -0.341 e. The highest BCUT2D eigenvalue weighted by molar-refractivity contribution is 7.20. The predicted molar refractivity (Wildman–Crippen MR) is 115 cm³/mol. The van der Waals surface area contributed by atoms with Gasteiger partial charge in [0, 0.05) is 23.7 Å². The van der Waals surface area contributed by atoms with Gasteiger partial charge in [0.15, 0.2) is 0 Å². The first-order chi connectivity index (χ1) is 12.5. The van der Waals surface area contributed by atoms with E-state index < -0.39 is 0 Å². The van der Waals surface area contributed by atoms with E-state index in [1.165, 1.54) is 23.5 Å². The van der Waals surface area contributed by atoms with Crippen molar-refractivity contribution in [3.05, 3.63) is 59.2 Å². The highest BCUT2D eigenvalue weighted by Crippen LogP contribution is 2.34. The molecule has 0 unspecified atom stereocenters. The fourth-order valence-electron chi connectivity index (χ4n) is 2.96. The molecule has 6 heteroatoms. The van der Waals surface area contributed by atoms with Gasteiger partial charge in [-0.15, -0.1) is 23.7 Å². The second kappa shape index (κ2) is 9.31. The van der Waals surface area contributed by atoms with E-state index in [-0.39, 0.29) is 24.1 Å². The van der Waals surface area contributed by atoms with E-state index in [1.807, 2.05) is 45.4 Å². The first-order valence-electron chi connectivity index (χ1n) is 8.64. The highest BCUT2D eigenvalue weighted by atomic mass is 35.5. The van der Waals surface area contributed by atoms with E-state index >= 15 is 0 Å². The number of thiophene rings is 1. The second-order valence-corrected chi connectivity index (χ2v) is 7.80. The number of benzene rings is 2. The van der Waals surface area contributed by atoms with Crippen molar-refractivity contribution in [1.29, 1.82) is 0 Å². The third-order valence-corrected chi connectivity index (χ3v) is 5.46. The van der Waals surface area contributed by atoms with Gasteiger partial charge in [0.05, 0.1) is 4.88 Å². The Labute approximate surface area is 169 Å². The van der Waals surface area contributed by atoms with Crippen LogP contribution in [-0.4, -0.2) is 49.9 Å². The Morgan fingerprint density at radius 1 is 1.04 bits per heavy atom. The molecule has 144 valence electrons. The molecule has 27 heavy (non-hydrogen) atoms. The minimum absolute atomic E-state index is 0. The molecule has 0 atom stereocenters. The monoisotopic (exact) mass is 406 g/mol. The van der Waals surface area contributed by atoms with Crippen LogP contribution in [0.15, 0.2) is 48.5 Å². The zero-order chi connectivity index (χ0) is 18.7. The summed E-state index contributed by atoms with van der Waals surface area (Å²) in [4.78, 5) is 17.4. The third kappa shape index (κ3) is 5.06. The molecule has 0 spiro atoms. The minimum atomic E-state index is -0.249. The Balaban J connectivity index is 0.00000261. The maximum atomic E-state index is 13.2. The largest absolute Gasteiger partial charge is 0.341 e. The average molecular weight is 407 g/mol. The molecule has 0 aliphatic carbocycles. The summed E-state index contributed by atoms with van der Waals surface area (Å²) >= 11 is 1.51. The van der Waals surface area contributed by atoms with E-state index in [1.54, 1.807) is 17.0 Å². The topological polar surface area (TPSA) is 23.6 Å². The molecule has 0 radical (unpaired) electrons. The fourth-order valence-corrected chi connectivity index (χ4v) is 4.04. The molecule has 0 saturated carbocycles. The van der Waals surface area contributed by atoms with Gasteiger partial charge >= 0.3 is 0 Å². The molecule has 3 aromatic rings. The number of carbonyl (C=O) groups is 1. The van der Waals surface area contributed by atoms with Crippen LogP contribution in [0, 0.1) is 5.82 Å². The van der Waals surface area contributed by atoms with E-state index in [0.717, 1.165) is 45.6 Å². The van der Waals surface area contributed by atoms with Gasteiger partial charge in [-0.05, 0) is 62.5 Å². The number of amides is 1. The second-order valence-electron chi connectivity index (χ2n) is 6.72. The number of hydrogen-bond acceptors (Lipinski definition) is 3. The summed E-state index contributed by atoms with van der Waals surface area (Å²) in [5, 5.41) is 1.04. The Morgan fingerprint density at radius 3 is 2.41 bits per heavy atom. The highest BCUT2D eigenvalue weighted by Gasteiger charge is 2.16. The van der Waals surface area contributed by atoms with Gasteiger partial charge in [0.1, 0.15) is 5.82 Å². The van der Waals surface area contributed by atoms with E-state index in [2.05, 4.69) is 4.90 Å². The van der Waals surface area contributed by atoms with Crippen molar-refractivity contribution in [2.45, 2.75) is 6.42 Å². The maximum absolute atomic E-state index is 13.2. The molecular weight excluding hydrogens is 383 g/mol. The lowest BCUT2D eigenvalue weighted by Gasteiger charge is -2.17. The van der Waals surface area contributed by atoms with Crippen molar-refractivity contribution < 1.29 is 9.18 Å². The summed E-state index contributed by atoms with van der Waals surface area (Å²) in [5.74, 6) is -0.198.